The Labute approximate surface area is 145 Å². The Bertz CT molecular complexity index is 599. The molecule has 0 saturated heterocycles. The van der Waals surface area contributed by atoms with Crippen LogP contribution in [0.25, 0.3) is 0 Å². The van der Waals surface area contributed by atoms with Crippen molar-refractivity contribution in [2.24, 2.45) is 5.73 Å². The second kappa shape index (κ2) is 7.90. The fourth-order valence-electron chi connectivity index (χ4n) is 2.75. The van der Waals surface area contributed by atoms with Crippen molar-refractivity contribution >= 4 is 17.7 Å². The number of ether oxygens (including phenoxy) is 1. The summed E-state index contributed by atoms with van der Waals surface area (Å²) in [4.78, 5) is 20.0. The summed E-state index contributed by atoms with van der Waals surface area (Å²) in [5, 5.41) is 6.33. The summed E-state index contributed by atoms with van der Waals surface area (Å²) in [5.74, 6) is 0.130. The summed E-state index contributed by atoms with van der Waals surface area (Å²) >= 11 is 0. The summed E-state index contributed by atoms with van der Waals surface area (Å²) < 4.78 is 29.0. The van der Waals surface area contributed by atoms with Gasteiger partial charge in [0, 0.05) is 17.8 Å². The van der Waals surface area contributed by atoms with Crippen LogP contribution in [0, 0.1) is 0 Å². The lowest BCUT2D eigenvalue weighted by atomic mass is 9.93. The molecule has 1 heterocycles. The van der Waals surface area contributed by atoms with Gasteiger partial charge in [-0.25, -0.2) is 4.98 Å². The molecule has 0 atom stereocenters. The minimum absolute atomic E-state index is 0.0689. The van der Waals surface area contributed by atoms with Gasteiger partial charge in [0.2, 0.25) is 5.95 Å². The Kier molecular flexibility index (Phi) is 6.10. The average Bonchev–Trinajstić information content (AvgIpc) is 2.47. The van der Waals surface area contributed by atoms with Crippen molar-refractivity contribution in [2.45, 2.75) is 70.8 Å². The van der Waals surface area contributed by atoms with Gasteiger partial charge in [-0.2, -0.15) is 13.8 Å². The number of hydrogen-bond acceptors (Lipinski definition) is 6. The smallest absolute Gasteiger partial charge is 0.345 e. The van der Waals surface area contributed by atoms with Gasteiger partial charge in [0.1, 0.15) is 5.82 Å². The van der Waals surface area contributed by atoms with Crippen LogP contribution < -0.4 is 16.4 Å². The lowest BCUT2D eigenvalue weighted by molar-refractivity contribution is -0.169. The second-order valence-corrected chi connectivity index (χ2v) is 7.21. The summed E-state index contributed by atoms with van der Waals surface area (Å²) in [7, 11) is 0. The standard InChI is InChI=1S/C16H25F2N5O2/c1-16(2,3)23-13-11(12(19)24)8-20-15(22-13)21-9-4-6-10(7-5-9)25-14(17)18/h8-10,14H,4-7H2,1-3H3,(H2,19,24)(H2,20,21,22,23). The van der Waals surface area contributed by atoms with E-state index in [9.17, 15) is 13.6 Å². The van der Waals surface area contributed by atoms with E-state index in [1.54, 1.807) is 0 Å². The maximum absolute atomic E-state index is 12.2. The summed E-state index contributed by atoms with van der Waals surface area (Å²) in [6, 6.07) is 0.0689. The van der Waals surface area contributed by atoms with Gasteiger partial charge in [-0.05, 0) is 46.5 Å². The number of nitrogens with two attached hydrogens (primary N) is 1. The van der Waals surface area contributed by atoms with Crippen LogP contribution in [0.1, 0.15) is 56.8 Å². The number of amides is 1. The van der Waals surface area contributed by atoms with Crippen LogP contribution in [0.4, 0.5) is 20.5 Å². The minimum atomic E-state index is -2.73. The zero-order chi connectivity index (χ0) is 18.6. The molecule has 7 nitrogen and oxygen atoms in total. The van der Waals surface area contributed by atoms with Crippen LogP contribution in [0.5, 0.6) is 0 Å². The maximum Gasteiger partial charge on any atom is 0.345 e. The Balaban J connectivity index is 2.03. The number of nitrogens with one attached hydrogen (secondary N) is 2. The highest BCUT2D eigenvalue weighted by Crippen LogP contribution is 2.25. The van der Waals surface area contributed by atoms with E-state index in [4.69, 9.17) is 5.73 Å². The molecule has 1 aliphatic carbocycles. The van der Waals surface area contributed by atoms with Gasteiger partial charge in [0.25, 0.3) is 5.91 Å². The largest absolute Gasteiger partial charge is 0.365 e. The van der Waals surface area contributed by atoms with Crippen LogP contribution in [-0.4, -0.2) is 40.2 Å². The van der Waals surface area contributed by atoms with Gasteiger partial charge in [0.05, 0.1) is 11.7 Å². The van der Waals surface area contributed by atoms with Gasteiger partial charge in [0.15, 0.2) is 0 Å². The fourth-order valence-corrected chi connectivity index (χ4v) is 2.75. The Hall–Kier alpha value is -2.03. The molecule has 1 aromatic heterocycles. The molecule has 25 heavy (non-hydrogen) atoms. The molecule has 4 N–H and O–H groups in total. The van der Waals surface area contributed by atoms with E-state index in [0.717, 1.165) is 0 Å². The predicted molar refractivity (Wildman–Crippen MR) is 90.7 cm³/mol. The first kappa shape index (κ1) is 19.3. The number of nitrogens with zero attached hydrogens (tertiary/aromatic N) is 2. The third-order valence-electron chi connectivity index (χ3n) is 3.85. The number of rotatable bonds is 6. The quantitative estimate of drug-likeness (QED) is 0.723. The zero-order valence-electron chi connectivity index (χ0n) is 14.7. The van der Waals surface area contributed by atoms with Gasteiger partial charge in [-0.15, -0.1) is 0 Å². The maximum atomic E-state index is 12.2. The first-order valence-electron chi connectivity index (χ1n) is 8.29. The van der Waals surface area contributed by atoms with Crippen LogP contribution in [0.2, 0.25) is 0 Å². The van der Waals surface area contributed by atoms with E-state index in [0.29, 0.717) is 37.4 Å². The van der Waals surface area contributed by atoms with E-state index >= 15 is 0 Å². The van der Waals surface area contributed by atoms with E-state index < -0.39 is 18.6 Å². The van der Waals surface area contributed by atoms with Crippen molar-refractivity contribution in [3.63, 3.8) is 0 Å². The predicted octanol–water partition coefficient (Wildman–Crippen LogP) is 2.75. The highest BCUT2D eigenvalue weighted by molar-refractivity contribution is 5.97. The summed E-state index contributed by atoms with van der Waals surface area (Å²) in [6.45, 7) is 3.09. The van der Waals surface area contributed by atoms with Gasteiger partial charge in [-0.1, -0.05) is 0 Å². The zero-order valence-corrected chi connectivity index (χ0v) is 14.7. The van der Waals surface area contributed by atoms with Crippen LogP contribution >= 0.6 is 0 Å². The highest BCUT2D eigenvalue weighted by atomic mass is 19.3. The van der Waals surface area contributed by atoms with Crippen molar-refractivity contribution in [3.8, 4) is 0 Å². The average molecular weight is 357 g/mol. The molecule has 0 unspecified atom stereocenters. The molecule has 1 fully saturated rings. The fraction of sp³-hybridized carbons (Fsp3) is 0.688. The van der Waals surface area contributed by atoms with Crippen LogP contribution in [-0.2, 0) is 4.74 Å². The Morgan fingerprint density at radius 1 is 1.32 bits per heavy atom. The van der Waals surface area contributed by atoms with Crippen molar-refractivity contribution in [3.05, 3.63) is 11.8 Å². The highest BCUT2D eigenvalue weighted by Gasteiger charge is 2.25. The molecule has 1 aliphatic rings. The molecular weight excluding hydrogens is 332 g/mol. The number of hydrogen-bond donors (Lipinski definition) is 3. The van der Waals surface area contributed by atoms with E-state index in [2.05, 4.69) is 25.3 Å². The molecule has 140 valence electrons. The molecule has 2 rings (SSSR count). The molecule has 0 spiro atoms. The second-order valence-electron chi connectivity index (χ2n) is 7.21. The first-order valence-corrected chi connectivity index (χ1v) is 8.29. The lowest BCUT2D eigenvalue weighted by Gasteiger charge is -2.29. The molecule has 0 aliphatic heterocycles. The van der Waals surface area contributed by atoms with Crippen molar-refractivity contribution in [1.29, 1.82) is 0 Å². The monoisotopic (exact) mass is 357 g/mol. The third-order valence-corrected chi connectivity index (χ3v) is 3.85. The summed E-state index contributed by atoms with van der Waals surface area (Å²) in [6.07, 6.45) is 3.44. The summed E-state index contributed by atoms with van der Waals surface area (Å²) in [5.41, 5.74) is 5.28. The topological polar surface area (TPSA) is 102 Å². The molecular formula is C16H25F2N5O2. The lowest BCUT2D eigenvalue weighted by Crippen LogP contribution is -2.32. The molecule has 0 bridgehead atoms. The number of alkyl halides is 2. The molecule has 1 amide bonds. The normalized spacial score (nSPS) is 21.2. The number of halogens is 2. The molecule has 1 saturated carbocycles. The van der Waals surface area contributed by atoms with Gasteiger partial charge < -0.3 is 21.1 Å². The van der Waals surface area contributed by atoms with Crippen molar-refractivity contribution in [1.82, 2.24) is 9.97 Å². The van der Waals surface area contributed by atoms with E-state index in [-0.39, 0.29) is 17.1 Å². The number of carbonyl (C=O) groups is 1. The van der Waals surface area contributed by atoms with Crippen molar-refractivity contribution in [2.75, 3.05) is 10.6 Å². The Morgan fingerprint density at radius 3 is 2.48 bits per heavy atom. The number of carbonyl (C=O) groups excluding carboxylic acids is 1. The number of anilines is 2. The van der Waals surface area contributed by atoms with Crippen molar-refractivity contribution < 1.29 is 18.3 Å². The van der Waals surface area contributed by atoms with Crippen LogP contribution in [0.15, 0.2) is 6.20 Å². The van der Waals surface area contributed by atoms with Crippen LogP contribution in [0.3, 0.4) is 0 Å². The molecule has 1 aromatic rings. The number of aromatic nitrogens is 2. The minimum Gasteiger partial charge on any atom is -0.365 e. The SMILES string of the molecule is CC(C)(C)Nc1nc(NC2CCC(OC(F)F)CC2)ncc1C(N)=O. The number of primary amides is 1. The Morgan fingerprint density at radius 2 is 1.96 bits per heavy atom. The molecule has 9 heteroatoms. The van der Waals surface area contributed by atoms with Gasteiger partial charge in [-0.3, -0.25) is 4.79 Å². The first-order chi connectivity index (χ1) is 11.6. The van der Waals surface area contributed by atoms with E-state index in [1.165, 1.54) is 6.20 Å². The molecule has 0 radical (unpaired) electrons. The molecule has 0 aromatic carbocycles. The van der Waals surface area contributed by atoms with Gasteiger partial charge >= 0.3 is 6.61 Å². The third kappa shape index (κ3) is 6.08. The van der Waals surface area contributed by atoms with E-state index in [1.807, 2.05) is 20.8 Å².